The summed E-state index contributed by atoms with van der Waals surface area (Å²) in [5, 5.41) is 8.87. The van der Waals surface area contributed by atoms with Gasteiger partial charge in [0.2, 0.25) is 0 Å². The standard InChI is InChI=1S/C17H19N3O3/c1-12-14(16(21)23-3)15(13-8-5-4-6-9-13)20(11-7-10-18)17(22)19(12)2/h4-6,8-9,15H,7,11H2,1-3H3. The number of methoxy groups -OCH3 is 1. The fraction of sp³-hybridized carbons (Fsp3) is 0.353. The van der Waals surface area contributed by atoms with Gasteiger partial charge in [0, 0.05) is 19.3 Å². The van der Waals surface area contributed by atoms with Crippen molar-refractivity contribution in [2.24, 2.45) is 0 Å². The fourth-order valence-corrected chi connectivity index (χ4v) is 2.73. The summed E-state index contributed by atoms with van der Waals surface area (Å²) in [5.41, 5.74) is 1.79. The number of benzene rings is 1. The second-order valence-electron chi connectivity index (χ2n) is 5.25. The van der Waals surface area contributed by atoms with Gasteiger partial charge in [0.15, 0.2) is 0 Å². The molecule has 1 unspecified atom stereocenters. The Bertz CT molecular complexity index is 676. The number of ether oxygens (including phenoxy) is 1. The van der Waals surface area contributed by atoms with E-state index in [2.05, 4.69) is 0 Å². The molecule has 0 bridgehead atoms. The second-order valence-corrected chi connectivity index (χ2v) is 5.25. The van der Waals surface area contributed by atoms with Gasteiger partial charge >= 0.3 is 12.0 Å². The lowest BCUT2D eigenvalue weighted by Crippen LogP contribution is -2.49. The summed E-state index contributed by atoms with van der Waals surface area (Å²) in [6, 6.07) is 10.5. The number of nitrogens with zero attached hydrogens (tertiary/aromatic N) is 3. The molecule has 1 atom stereocenters. The minimum absolute atomic E-state index is 0.191. The van der Waals surface area contributed by atoms with Crippen LogP contribution in [0.4, 0.5) is 4.79 Å². The third-order valence-electron chi connectivity index (χ3n) is 4.00. The number of hydrogen-bond acceptors (Lipinski definition) is 4. The Morgan fingerprint density at radius 1 is 1.35 bits per heavy atom. The molecule has 0 aromatic heterocycles. The van der Waals surface area contributed by atoms with E-state index in [9.17, 15) is 9.59 Å². The predicted molar refractivity (Wildman–Crippen MR) is 84.0 cm³/mol. The minimum Gasteiger partial charge on any atom is -0.466 e. The first kappa shape index (κ1) is 16.6. The van der Waals surface area contributed by atoms with Gasteiger partial charge in [-0.3, -0.25) is 0 Å². The van der Waals surface area contributed by atoms with Crippen LogP contribution in [-0.4, -0.2) is 42.5 Å². The number of esters is 1. The number of amides is 2. The molecule has 0 fully saturated rings. The van der Waals surface area contributed by atoms with Crippen molar-refractivity contribution in [3.8, 4) is 6.07 Å². The number of urea groups is 1. The summed E-state index contributed by atoms with van der Waals surface area (Å²) in [7, 11) is 2.93. The molecule has 1 aromatic rings. The molecule has 0 N–H and O–H groups in total. The highest BCUT2D eigenvalue weighted by atomic mass is 16.5. The van der Waals surface area contributed by atoms with Crippen LogP contribution in [-0.2, 0) is 9.53 Å². The van der Waals surface area contributed by atoms with Crippen LogP contribution in [0.15, 0.2) is 41.6 Å². The number of nitriles is 1. The van der Waals surface area contributed by atoms with E-state index in [0.717, 1.165) is 5.56 Å². The lowest BCUT2D eigenvalue weighted by atomic mass is 9.93. The van der Waals surface area contributed by atoms with Crippen LogP contribution in [0.1, 0.15) is 24.9 Å². The maximum Gasteiger partial charge on any atom is 0.337 e. The average molecular weight is 313 g/mol. The van der Waals surface area contributed by atoms with Crippen molar-refractivity contribution in [2.75, 3.05) is 20.7 Å². The first-order valence-electron chi connectivity index (χ1n) is 7.28. The smallest absolute Gasteiger partial charge is 0.337 e. The Kier molecular flexibility index (Phi) is 5.02. The minimum atomic E-state index is -0.555. The molecular formula is C17H19N3O3. The molecule has 0 saturated carbocycles. The second kappa shape index (κ2) is 6.97. The predicted octanol–water partition coefficient (Wildman–Crippen LogP) is 2.46. The van der Waals surface area contributed by atoms with Gasteiger partial charge in [0.1, 0.15) is 0 Å². The van der Waals surface area contributed by atoms with Gasteiger partial charge in [-0.1, -0.05) is 30.3 Å². The van der Waals surface area contributed by atoms with Gasteiger partial charge in [-0.25, -0.2) is 9.59 Å². The first-order valence-corrected chi connectivity index (χ1v) is 7.28. The zero-order chi connectivity index (χ0) is 17.0. The van der Waals surface area contributed by atoms with Crippen LogP contribution in [0.5, 0.6) is 0 Å². The molecule has 0 saturated heterocycles. The molecule has 1 aliphatic rings. The number of rotatable bonds is 4. The number of carbonyl (C=O) groups excluding carboxylic acids is 2. The number of hydrogen-bond donors (Lipinski definition) is 0. The van der Waals surface area contributed by atoms with Gasteiger partial charge in [0.25, 0.3) is 0 Å². The van der Waals surface area contributed by atoms with E-state index < -0.39 is 12.0 Å². The Labute approximate surface area is 135 Å². The van der Waals surface area contributed by atoms with Gasteiger partial charge in [0.05, 0.1) is 31.2 Å². The van der Waals surface area contributed by atoms with Crippen molar-refractivity contribution in [2.45, 2.75) is 19.4 Å². The van der Waals surface area contributed by atoms with E-state index >= 15 is 0 Å². The van der Waals surface area contributed by atoms with Crippen LogP contribution in [0.3, 0.4) is 0 Å². The number of allylic oxidation sites excluding steroid dienone is 1. The van der Waals surface area contributed by atoms with Gasteiger partial charge in [-0.05, 0) is 12.5 Å². The van der Waals surface area contributed by atoms with Crippen LogP contribution in [0.25, 0.3) is 0 Å². The molecule has 0 radical (unpaired) electrons. The third-order valence-corrected chi connectivity index (χ3v) is 4.00. The van der Waals surface area contributed by atoms with Crippen molar-refractivity contribution in [3.05, 3.63) is 47.2 Å². The molecule has 2 amide bonds. The highest BCUT2D eigenvalue weighted by molar-refractivity contribution is 5.94. The Morgan fingerprint density at radius 2 is 2.00 bits per heavy atom. The monoisotopic (exact) mass is 313 g/mol. The molecule has 0 aliphatic carbocycles. The van der Waals surface area contributed by atoms with Crippen LogP contribution in [0, 0.1) is 11.3 Å². The van der Waals surface area contributed by atoms with Crippen molar-refractivity contribution in [1.29, 1.82) is 5.26 Å². The molecule has 6 nitrogen and oxygen atoms in total. The third kappa shape index (κ3) is 3.04. The molecule has 2 rings (SSSR count). The lowest BCUT2D eigenvalue weighted by molar-refractivity contribution is -0.137. The summed E-state index contributed by atoms with van der Waals surface area (Å²) in [4.78, 5) is 27.9. The van der Waals surface area contributed by atoms with Crippen molar-refractivity contribution in [1.82, 2.24) is 9.80 Å². The average Bonchev–Trinajstić information content (AvgIpc) is 2.58. The lowest BCUT2D eigenvalue weighted by Gasteiger charge is -2.41. The summed E-state index contributed by atoms with van der Waals surface area (Å²) >= 11 is 0. The van der Waals surface area contributed by atoms with E-state index in [1.54, 1.807) is 14.0 Å². The number of carbonyl (C=O) groups is 2. The summed E-state index contributed by atoms with van der Waals surface area (Å²) in [5.74, 6) is -0.474. The van der Waals surface area contributed by atoms with Crippen LogP contribution < -0.4 is 0 Å². The molecule has 23 heavy (non-hydrogen) atoms. The van der Waals surface area contributed by atoms with Crippen molar-refractivity contribution >= 4 is 12.0 Å². The Morgan fingerprint density at radius 3 is 2.57 bits per heavy atom. The molecule has 1 aliphatic heterocycles. The topological polar surface area (TPSA) is 73.6 Å². The van der Waals surface area contributed by atoms with Crippen molar-refractivity contribution in [3.63, 3.8) is 0 Å². The highest BCUT2D eigenvalue weighted by Crippen LogP contribution is 2.37. The fourth-order valence-electron chi connectivity index (χ4n) is 2.73. The van der Waals surface area contributed by atoms with Gasteiger partial charge in [-0.2, -0.15) is 5.26 Å². The maximum atomic E-state index is 12.6. The van der Waals surface area contributed by atoms with Crippen molar-refractivity contribution < 1.29 is 14.3 Å². The van der Waals surface area contributed by atoms with E-state index in [-0.39, 0.29) is 19.0 Å². The zero-order valence-corrected chi connectivity index (χ0v) is 13.4. The summed E-state index contributed by atoms with van der Waals surface area (Å²) < 4.78 is 4.92. The Hall–Kier alpha value is -2.81. The zero-order valence-electron chi connectivity index (χ0n) is 13.4. The molecule has 120 valence electrons. The SMILES string of the molecule is COC(=O)C1=C(C)N(C)C(=O)N(CCC#N)C1c1ccccc1. The molecular weight excluding hydrogens is 294 g/mol. The van der Waals surface area contributed by atoms with E-state index in [1.165, 1.54) is 16.9 Å². The normalized spacial score (nSPS) is 18.0. The molecule has 1 aromatic carbocycles. The van der Waals surface area contributed by atoms with Crippen LogP contribution >= 0.6 is 0 Å². The van der Waals surface area contributed by atoms with Gasteiger partial charge < -0.3 is 14.5 Å². The van der Waals surface area contributed by atoms with E-state index in [4.69, 9.17) is 10.00 Å². The van der Waals surface area contributed by atoms with E-state index in [0.29, 0.717) is 11.3 Å². The largest absolute Gasteiger partial charge is 0.466 e. The quantitative estimate of drug-likeness (QED) is 0.800. The van der Waals surface area contributed by atoms with Gasteiger partial charge in [-0.15, -0.1) is 0 Å². The summed E-state index contributed by atoms with van der Waals surface area (Å²) in [6.45, 7) is 1.97. The molecule has 0 spiro atoms. The Balaban J connectivity index is 2.61. The van der Waals surface area contributed by atoms with Crippen LogP contribution in [0.2, 0.25) is 0 Å². The maximum absolute atomic E-state index is 12.6. The molecule has 1 heterocycles. The summed E-state index contributed by atoms with van der Waals surface area (Å²) in [6.07, 6.45) is 0.191. The first-order chi connectivity index (χ1) is 11.0. The van der Waals surface area contributed by atoms with E-state index in [1.807, 2.05) is 36.4 Å². The highest BCUT2D eigenvalue weighted by Gasteiger charge is 2.40. The molecule has 6 heteroatoms.